The predicted octanol–water partition coefficient (Wildman–Crippen LogP) is 4.44. The molecule has 0 atom stereocenters. The lowest BCUT2D eigenvalue weighted by Crippen LogP contribution is -2.29. The number of nitrogens with one attached hydrogen (secondary N) is 2. The van der Waals surface area contributed by atoms with Gasteiger partial charge in [-0.3, -0.25) is 9.59 Å². The van der Waals surface area contributed by atoms with Crippen LogP contribution in [0.2, 0.25) is 0 Å². The first-order valence-electron chi connectivity index (χ1n) is 10.9. The summed E-state index contributed by atoms with van der Waals surface area (Å²) < 4.78 is 0. The van der Waals surface area contributed by atoms with E-state index in [1.54, 1.807) is 0 Å². The SMILES string of the molecule is CN(CCCNC(=O)c1cc2ccccc2cc1NC(=O)C1CC1)Cc1ccccc1. The van der Waals surface area contributed by atoms with Crippen molar-refractivity contribution in [3.05, 3.63) is 77.9 Å². The maximum Gasteiger partial charge on any atom is 0.253 e. The number of hydrogen-bond donors (Lipinski definition) is 2. The van der Waals surface area contributed by atoms with Gasteiger partial charge in [0.2, 0.25) is 5.91 Å². The zero-order valence-electron chi connectivity index (χ0n) is 17.9. The van der Waals surface area contributed by atoms with Crippen LogP contribution in [-0.2, 0) is 11.3 Å². The molecule has 2 N–H and O–H groups in total. The summed E-state index contributed by atoms with van der Waals surface area (Å²) in [7, 11) is 2.09. The van der Waals surface area contributed by atoms with E-state index in [-0.39, 0.29) is 17.7 Å². The van der Waals surface area contributed by atoms with Gasteiger partial charge in [-0.25, -0.2) is 0 Å². The Hall–Kier alpha value is -3.18. The zero-order chi connectivity index (χ0) is 21.6. The number of amides is 2. The molecule has 0 bridgehead atoms. The van der Waals surface area contributed by atoms with Gasteiger partial charge in [0.1, 0.15) is 0 Å². The van der Waals surface area contributed by atoms with E-state index in [0.29, 0.717) is 17.8 Å². The molecule has 31 heavy (non-hydrogen) atoms. The van der Waals surface area contributed by atoms with E-state index in [9.17, 15) is 9.59 Å². The minimum Gasteiger partial charge on any atom is -0.352 e. The molecule has 1 aliphatic rings. The molecule has 0 aliphatic heterocycles. The number of rotatable bonds is 9. The Morgan fingerprint density at radius 2 is 1.65 bits per heavy atom. The lowest BCUT2D eigenvalue weighted by atomic mass is 10.0. The van der Waals surface area contributed by atoms with Gasteiger partial charge in [-0.2, -0.15) is 0 Å². The standard InChI is InChI=1S/C26H29N3O2/c1-29(18-19-8-3-2-4-9-19)15-7-14-27-26(31)23-16-21-10-5-6-11-22(21)17-24(23)28-25(30)20-12-13-20/h2-6,8-11,16-17,20H,7,12-15,18H2,1H3,(H,27,31)(H,28,30). The zero-order valence-corrected chi connectivity index (χ0v) is 17.9. The summed E-state index contributed by atoms with van der Waals surface area (Å²) in [4.78, 5) is 27.5. The fraction of sp³-hybridized carbons (Fsp3) is 0.308. The number of carbonyl (C=O) groups excluding carboxylic acids is 2. The summed E-state index contributed by atoms with van der Waals surface area (Å²) in [6.07, 6.45) is 2.71. The maximum atomic E-state index is 12.9. The Morgan fingerprint density at radius 3 is 2.35 bits per heavy atom. The Bertz CT molecular complexity index is 1060. The third-order valence-corrected chi connectivity index (χ3v) is 5.63. The molecule has 1 saturated carbocycles. The molecule has 3 aromatic rings. The molecule has 0 heterocycles. The molecule has 5 nitrogen and oxygen atoms in total. The van der Waals surface area contributed by atoms with Crippen LogP contribution < -0.4 is 10.6 Å². The van der Waals surface area contributed by atoms with Gasteiger partial charge in [0, 0.05) is 19.0 Å². The maximum absolute atomic E-state index is 12.9. The summed E-state index contributed by atoms with van der Waals surface area (Å²) >= 11 is 0. The highest BCUT2D eigenvalue weighted by Crippen LogP contribution is 2.32. The van der Waals surface area contributed by atoms with Crippen molar-refractivity contribution in [2.24, 2.45) is 5.92 Å². The fourth-order valence-corrected chi connectivity index (χ4v) is 3.73. The lowest BCUT2D eigenvalue weighted by Gasteiger charge is -2.17. The van der Waals surface area contributed by atoms with Gasteiger partial charge < -0.3 is 15.5 Å². The number of nitrogens with zero attached hydrogens (tertiary/aromatic N) is 1. The highest BCUT2D eigenvalue weighted by Gasteiger charge is 2.30. The van der Waals surface area contributed by atoms with Crippen molar-refractivity contribution in [3.8, 4) is 0 Å². The Morgan fingerprint density at radius 1 is 0.968 bits per heavy atom. The molecular formula is C26H29N3O2. The first-order valence-corrected chi connectivity index (χ1v) is 10.9. The minimum absolute atomic E-state index is 0.00636. The van der Waals surface area contributed by atoms with Crippen molar-refractivity contribution in [3.63, 3.8) is 0 Å². The van der Waals surface area contributed by atoms with Crippen LogP contribution in [-0.4, -0.2) is 36.9 Å². The first-order chi connectivity index (χ1) is 15.1. The highest BCUT2D eigenvalue weighted by atomic mass is 16.2. The van der Waals surface area contributed by atoms with Crippen LogP contribution in [0.15, 0.2) is 66.7 Å². The van der Waals surface area contributed by atoms with E-state index in [4.69, 9.17) is 0 Å². The quantitative estimate of drug-likeness (QED) is 0.508. The predicted molar refractivity (Wildman–Crippen MR) is 125 cm³/mol. The van der Waals surface area contributed by atoms with Crippen LogP contribution in [0.25, 0.3) is 10.8 Å². The van der Waals surface area contributed by atoms with Gasteiger partial charge in [0.05, 0.1) is 11.3 Å². The molecule has 0 aromatic heterocycles. The highest BCUT2D eigenvalue weighted by molar-refractivity contribution is 6.08. The molecular weight excluding hydrogens is 386 g/mol. The summed E-state index contributed by atoms with van der Waals surface area (Å²) in [5.41, 5.74) is 2.39. The number of fused-ring (bicyclic) bond motifs is 1. The van der Waals surface area contributed by atoms with Crippen LogP contribution in [0.4, 0.5) is 5.69 Å². The van der Waals surface area contributed by atoms with Gasteiger partial charge >= 0.3 is 0 Å². The van der Waals surface area contributed by atoms with E-state index < -0.39 is 0 Å². The van der Waals surface area contributed by atoms with E-state index in [0.717, 1.165) is 43.1 Å². The first kappa shape index (κ1) is 21.1. The van der Waals surface area contributed by atoms with Gasteiger partial charge in [-0.05, 0) is 61.3 Å². The average molecular weight is 416 g/mol. The third-order valence-electron chi connectivity index (χ3n) is 5.63. The molecule has 1 fully saturated rings. The summed E-state index contributed by atoms with van der Waals surface area (Å²) in [5.74, 6) is -0.0584. The van der Waals surface area contributed by atoms with E-state index in [2.05, 4.69) is 34.7 Å². The topological polar surface area (TPSA) is 61.4 Å². The van der Waals surface area contributed by atoms with Crippen molar-refractivity contribution in [1.29, 1.82) is 0 Å². The number of carbonyl (C=O) groups is 2. The van der Waals surface area contributed by atoms with Crippen LogP contribution in [0.5, 0.6) is 0 Å². The molecule has 5 heteroatoms. The van der Waals surface area contributed by atoms with Gasteiger partial charge in [-0.1, -0.05) is 54.6 Å². The second-order valence-corrected chi connectivity index (χ2v) is 8.34. The fourth-order valence-electron chi connectivity index (χ4n) is 3.73. The second kappa shape index (κ2) is 9.75. The van der Waals surface area contributed by atoms with Crippen molar-refractivity contribution < 1.29 is 9.59 Å². The van der Waals surface area contributed by atoms with Gasteiger partial charge in [0.15, 0.2) is 0 Å². The largest absolute Gasteiger partial charge is 0.352 e. The minimum atomic E-state index is -0.150. The average Bonchev–Trinajstić information content (AvgIpc) is 3.62. The van der Waals surface area contributed by atoms with Gasteiger partial charge in [0.25, 0.3) is 5.91 Å². The van der Waals surface area contributed by atoms with E-state index in [1.807, 2.05) is 54.6 Å². The normalized spacial score (nSPS) is 13.4. The van der Waals surface area contributed by atoms with E-state index in [1.165, 1.54) is 5.56 Å². The Balaban J connectivity index is 1.36. The van der Waals surface area contributed by atoms with Crippen molar-refractivity contribution >= 4 is 28.3 Å². The molecule has 0 spiro atoms. The molecule has 160 valence electrons. The van der Waals surface area contributed by atoms with Crippen molar-refractivity contribution in [2.75, 3.05) is 25.5 Å². The Kier molecular flexibility index (Phi) is 6.63. The Labute approximate surface area is 183 Å². The molecule has 0 unspecified atom stereocenters. The van der Waals surface area contributed by atoms with Crippen molar-refractivity contribution in [2.45, 2.75) is 25.8 Å². The van der Waals surface area contributed by atoms with Crippen LogP contribution in [0.1, 0.15) is 35.2 Å². The molecule has 0 radical (unpaired) electrons. The smallest absolute Gasteiger partial charge is 0.253 e. The third kappa shape index (κ3) is 5.70. The molecule has 2 amide bonds. The monoisotopic (exact) mass is 415 g/mol. The molecule has 0 saturated heterocycles. The summed E-state index contributed by atoms with van der Waals surface area (Å²) in [5, 5.41) is 7.99. The molecule has 3 aromatic carbocycles. The molecule has 1 aliphatic carbocycles. The number of hydrogen-bond acceptors (Lipinski definition) is 3. The van der Waals surface area contributed by atoms with Gasteiger partial charge in [-0.15, -0.1) is 0 Å². The number of benzene rings is 3. The second-order valence-electron chi connectivity index (χ2n) is 8.34. The summed E-state index contributed by atoms with van der Waals surface area (Å²) in [6, 6.07) is 22.0. The van der Waals surface area contributed by atoms with Crippen molar-refractivity contribution in [1.82, 2.24) is 10.2 Å². The lowest BCUT2D eigenvalue weighted by molar-refractivity contribution is -0.117. The van der Waals surface area contributed by atoms with Crippen LogP contribution in [0, 0.1) is 5.92 Å². The molecule has 4 rings (SSSR count). The van der Waals surface area contributed by atoms with Crippen LogP contribution in [0.3, 0.4) is 0 Å². The number of anilines is 1. The summed E-state index contributed by atoms with van der Waals surface area (Å²) in [6.45, 7) is 2.36. The van der Waals surface area contributed by atoms with Crippen LogP contribution >= 0.6 is 0 Å². The van der Waals surface area contributed by atoms with E-state index >= 15 is 0 Å².